The number of aryl methyl sites for hydroxylation is 2. The monoisotopic (exact) mass is 455 g/mol. The van der Waals surface area contributed by atoms with Crippen molar-refractivity contribution in [2.75, 3.05) is 4.90 Å². The molecule has 0 unspecified atom stereocenters. The van der Waals surface area contributed by atoms with Crippen LogP contribution in [0, 0.1) is 47.0 Å². The number of hydrogen-bond donors (Lipinski definition) is 0. The first-order valence-corrected chi connectivity index (χ1v) is 12.7. The number of benzene rings is 3. The first-order chi connectivity index (χ1) is 15.6. The van der Waals surface area contributed by atoms with Gasteiger partial charge in [0, 0.05) is 11.4 Å². The van der Waals surface area contributed by atoms with E-state index < -0.39 is 0 Å². The molecule has 0 radical (unpaired) electrons. The second kappa shape index (κ2) is 9.25. The molecule has 1 heteroatoms. The van der Waals surface area contributed by atoms with E-state index in [1.165, 1.54) is 61.6 Å². The molecule has 182 valence electrons. The van der Waals surface area contributed by atoms with Crippen molar-refractivity contribution in [2.24, 2.45) is 5.41 Å². The van der Waals surface area contributed by atoms with Gasteiger partial charge in [-0.05, 0) is 116 Å². The van der Waals surface area contributed by atoms with Crippen LogP contribution in [0.2, 0.25) is 0 Å². The Kier molecular flexibility index (Phi) is 7.09. The number of rotatable bonds is 4. The smallest absolute Gasteiger partial charge is 0.0531 e. The summed E-state index contributed by atoms with van der Waals surface area (Å²) in [5, 5.41) is 0. The molecule has 0 saturated heterocycles. The van der Waals surface area contributed by atoms with E-state index in [-0.39, 0.29) is 10.8 Å². The molecular weight excluding hydrogens is 410 g/mol. The fourth-order valence-electron chi connectivity index (χ4n) is 4.85. The number of nitrogens with zero attached hydrogens (tertiary/aromatic N) is 1. The minimum atomic E-state index is 0.0109. The molecule has 0 atom stereocenters. The predicted octanol–water partition coefficient (Wildman–Crippen LogP) is 9.89. The average molecular weight is 456 g/mol. The fourth-order valence-corrected chi connectivity index (χ4v) is 4.85. The molecule has 0 spiro atoms. The summed E-state index contributed by atoms with van der Waals surface area (Å²) in [5.74, 6) is 0. The van der Waals surface area contributed by atoms with Crippen LogP contribution in [-0.4, -0.2) is 0 Å². The third kappa shape index (κ3) is 5.24. The molecule has 0 fully saturated rings. The van der Waals surface area contributed by atoms with Crippen LogP contribution in [0.5, 0.6) is 0 Å². The largest absolute Gasteiger partial charge is 0.310 e. The van der Waals surface area contributed by atoms with Gasteiger partial charge < -0.3 is 4.90 Å². The van der Waals surface area contributed by atoms with Crippen molar-refractivity contribution in [1.29, 1.82) is 0 Å². The van der Waals surface area contributed by atoms with Crippen molar-refractivity contribution in [3.05, 3.63) is 87.0 Å². The van der Waals surface area contributed by atoms with Crippen LogP contribution >= 0.6 is 0 Å². The highest BCUT2D eigenvalue weighted by atomic mass is 15.2. The maximum absolute atomic E-state index is 2.52. The zero-order valence-corrected chi connectivity index (χ0v) is 23.7. The third-order valence-corrected chi connectivity index (χ3v) is 7.29. The Bertz CT molecular complexity index is 1180. The van der Waals surface area contributed by atoms with Gasteiger partial charge in [0.25, 0.3) is 0 Å². The summed E-state index contributed by atoms with van der Waals surface area (Å²) >= 11 is 0. The maximum atomic E-state index is 2.52. The van der Waals surface area contributed by atoms with E-state index in [2.05, 4.69) is 130 Å². The Balaban J connectivity index is 2.43. The molecule has 0 amide bonds. The van der Waals surface area contributed by atoms with Crippen LogP contribution in [0.3, 0.4) is 0 Å². The predicted molar refractivity (Wildman–Crippen MR) is 151 cm³/mol. The molecule has 1 nitrogen and oxygen atoms in total. The third-order valence-electron chi connectivity index (χ3n) is 7.29. The molecule has 0 aliphatic carbocycles. The highest BCUT2D eigenvalue weighted by Gasteiger charge is 2.29. The molecular formula is C33H45N. The first kappa shape index (κ1) is 26.1. The quantitative estimate of drug-likeness (QED) is 0.378. The topological polar surface area (TPSA) is 3.24 Å². The molecule has 0 aliphatic heterocycles. The van der Waals surface area contributed by atoms with Gasteiger partial charge in [0.15, 0.2) is 0 Å². The first-order valence-electron chi connectivity index (χ1n) is 12.7. The van der Waals surface area contributed by atoms with Crippen molar-refractivity contribution in [2.45, 2.75) is 94.9 Å². The van der Waals surface area contributed by atoms with E-state index in [4.69, 9.17) is 0 Å². The van der Waals surface area contributed by atoms with Crippen LogP contribution in [0.4, 0.5) is 17.1 Å². The Morgan fingerprint density at radius 3 is 1.76 bits per heavy atom. The standard InChI is InChI=1S/C33H45N/c1-21-13-16-28(17-14-21)34(30-18-15-22(2)23(3)25(30)5)31-26(6)24(4)27(20-32(7,8)9)19-29(31)33(10,11)12/h13-19H,20H2,1-12H3. The molecule has 0 bridgehead atoms. The van der Waals surface area contributed by atoms with E-state index in [9.17, 15) is 0 Å². The Hall–Kier alpha value is -2.54. The van der Waals surface area contributed by atoms with Crippen LogP contribution in [0.25, 0.3) is 0 Å². The van der Waals surface area contributed by atoms with Crippen molar-refractivity contribution in [3.63, 3.8) is 0 Å². The summed E-state index contributed by atoms with van der Waals surface area (Å²) in [5.41, 5.74) is 15.1. The molecule has 3 aromatic carbocycles. The Morgan fingerprint density at radius 1 is 0.647 bits per heavy atom. The van der Waals surface area contributed by atoms with E-state index >= 15 is 0 Å². The zero-order valence-electron chi connectivity index (χ0n) is 23.7. The van der Waals surface area contributed by atoms with Gasteiger partial charge in [-0.15, -0.1) is 0 Å². The lowest BCUT2D eigenvalue weighted by molar-refractivity contribution is 0.409. The second-order valence-electron chi connectivity index (χ2n) is 12.5. The summed E-state index contributed by atoms with van der Waals surface area (Å²) < 4.78 is 0. The minimum Gasteiger partial charge on any atom is -0.310 e. The lowest BCUT2D eigenvalue weighted by Gasteiger charge is -2.36. The maximum Gasteiger partial charge on any atom is 0.0531 e. The van der Waals surface area contributed by atoms with E-state index in [1.54, 1.807) is 0 Å². The molecule has 0 heterocycles. The van der Waals surface area contributed by atoms with Gasteiger partial charge in [0.1, 0.15) is 0 Å². The molecule has 0 N–H and O–H groups in total. The van der Waals surface area contributed by atoms with Gasteiger partial charge in [-0.3, -0.25) is 0 Å². The normalized spacial score (nSPS) is 12.2. The van der Waals surface area contributed by atoms with E-state index in [0.29, 0.717) is 0 Å². The van der Waals surface area contributed by atoms with Crippen LogP contribution in [0.1, 0.15) is 86.1 Å². The second-order valence-corrected chi connectivity index (χ2v) is 12.5. The fraction of sp³-hybridized carbons (Fsp3) is 0.455. The highest BCUT2D eigenvalue weighted by Crippen LogP contribution is 2.46. The molecule has 3 rings (SSSR count). The van der Waals surface area contributed by atoms with Crippen LogP contribution in [-0.2, 0) is 11.8 Å². The molecule has 0 aliphatic rings. The molecule has 0 saturated carbocycles. The van der Waals surface area contributed by atoms with Gasteiger partial charge in [0.2, 0.25) is 0 Å². The van der Waals surface area contributed by atoms with Gasteiger partial charge in [-0.1, -0.05) is 71.4 Å². The zero-order chi connectivity index (χ0) is 25.6. The molecule has 34 heavy (non-hydrogen) atoms. The van der Waals surface area contributed by atoms with E-state index in [1.807, 2.05) is 0 Å². The van der Waals surface area contributed by atoms with Crippen molar-refractivity contribution in [1.82, 2.24) is 0 Å². The SMILES string of the molecule is Cc1ccc(N(c2ccc(C)c(C)c2C)c2c(C(C)(C)C)cc(CC(C)(C)C)c(C)c2C)cc1. The summed E-state index contributed by atoms with van der Waals surface area (Å²) in [6.45, 7) is 27.6. The van der Waals surface area contributed by atoms with Gasteiger partial charge in [-0.2, -0.15) is 0 Å². The lowest BCUT2D eigenvalue weighted by Crippen LogP contribution is -2.23. The van der Waals surface area contributed by atoms with Crippen LogP contribution in [0.15, 0.2) is 42.5 Å². The Morgan fingerprint density at radius 2 is 1.24 bits per heavy atom. The summed E-state index contributed by atoms with van der Waals surface area (Å²) in [6.07, 6.45) is 1.08. The lowest BCUT2D eigenvalue weighted by atomic mass is 9.78. The van der Waals surface area contributed by atoms with Crippen molar-refractivity contribution >= 4 is 17.1 Å². The molecule has 3 aromatic rings. The number of anilines is 3. The summed E-state index contributed by atoms with van der Waals surface area (Å²) in [6, 6.07) is 16.1. The van der Waals surface area contributed by atoms with Gasteiger partial charge >= 0.3 is 0 Å². The highest BCUT2D eigenvalue weighted by molar-refractivity contribution is 5.84. The minimum absolute atomic E-state index is 0.0109. The Labute approximate surface area is 209 Å². The van der Waals surface area contributed by atoms with Crippen molar-refractivity contribution in [3.8, 4) is 0 Å². The summed E-state index contributed by atoms with van der Waals surface area (Å²) in [4.78, 5) is 2.52. The van der Waals surface area contributed by atoms with Crippen molar-refractivity contribution < 1.29 is 0 Å². The van der Waals surface area contributed by atoms with E-state index in [0.717, 1.165) is 6.42 Å². The molecule has 0 aromatic heterocycles. The average Bonchev–Trinajstić information content (AvgIpc) is 2.72. The van der Waals surface area contributed by atoms with Gasteiger partial charge in [-0.25, -0.2) is 0 Å². The van der Waals surface area contributed by atoms with Gasteiger partial charge in [0.05, 0.1) is 5.69 Å². The van der Waals surface area contributed by atoms with Crippen LogP contribution < -0.4 is 4.90 Å². The summed E-state index contributed by atoms with van der Waals surface area (Å²) in [7, 11) is 0. The number of hydrogen-bond acceptors (Lipinski definition) is 1.